The van der Waals surface area contributed by atoms with E-state index < -0.39 is 72.2 Å². The second kappa shape index (κ2) is 19.3. The third kappa shape index (κ3) is 9.16. The summed E-state index contributed by atoms with van der Waals surface area (Å²) in [6.07, 6.45) is -1.84. The maximum atomic E-state index is 14.3. The fourth-order valence-electron chi connectivity index (χ4n) is 8.34. The zero-order valence-electron chi connectivity index (χ0n) is 36.1. The highest BCUT2D eigenvalue weighted by molar-refractivity contribution is 7.80. The number of hydrogen-bond donors (Lipinski definition) is 6. The molecular formula is C45H50ClN7O11S. The monoisotopic (exact) mass is 931 g/mol. The highest BCUT2D eigenvalue weighted by Gasteiger charge is 2.52. The van der Waals surface area contributed by atoms with Gasteiger partial charge in [-0.05, 0) is 73.9 Å². The predicted molar refractivity (Wildman–Crippen MR) is 242 cm³/mol. The Balaban J connectivity index is 0.00000630. The molecule has 0 radical (unpaired) electrons. The van der Waals surface area contributed by atoms with Crippen LogP contribution < -0.4 is 26.2 Å². The summed E-state index contributed by atoms with van der Waals surface area (Å²) in [4.78, 5) is 68.4. The molecule has 0 spiro atoms. The first-order valence-electron chi connectivity index (χ1n) is 20.9. The van der Waals surface area contributed by atoms with Crippen molar-refractivity contribution in [3.8, 4) is 17.1 Å². The van der Waals surface area contributed by atoms with E-state index in [9.17, 15) is 29.4 Å². The molecule has 0 saturated carbocycles. The van der Waals surface area contributed by atoms with Gasteiger partial charge in [-0.25, -0.2) is 19.6 Å². The lowest BCUT2D eigenvalue weighted by Gasteiger charge is -2.40. The van der Waals surface area contributed by atoms with Crippen molar-refractivity contribution in [2.24, 2.45) is 5.92 Å². The second-order valence-corrected chi connectivity index (χ2v) is 16.8. The van der Waals surface area contributed by atoms with Crippen LogP contribution in [0.5, 0.6) is 5.75 Å². The van der Waals surface area contributed by atoms with Crippen LogP contribution in [0.1, 0.15) is 56.5 Å². The Morgan fingerprint density at radius 3 is 2.52 bits per heavy atom. The lowest BCUT2D eigenvalue weighted by molar-refractivity contribution is -0.272. The lowest BCUT2D eigenvalue weighted by Crippen LogP contribution is -2.59. The van der Waals surface area contributed by atoms with Gasteiger partial charge in [0.1, 0.15) is 42.8 Å². The summed E-state index contributed by atoms with van der Waals surface area (Å²) in [7, 11) is 1.38. The molecule has 3 aliphatic heterocycles. The van der Waals surface area contributed by atoms with E-state index in [1.54, 1.807) is 68.8 Å². The van der Waals surface area contributed by atoms with Gasteiger partial charge in [0, 0.05) is 41.9 Å². The largest absolute Gasteiger partial charge is 0.462 e. The highest BCUT2D eigenvalue weighted by atomic mass is 35.5. The van der Waals surface area contributed by atoms with Crippen molar-refractivity contribution in [1.29, 1.82) is 0 Å². The van der Waals surface area contributed by atoms with E-state index in [1.165, 1.54) is 13.4 Å². The number of aromatic amines is 1. The molecule has 3 aromatic heterocycles. The number of thiocarbonyl (C=S) groups is 1. The van der Waals surface area contributed by atoms with Crippen molar-refractivity contribution < 1.29 is 48.3 Å². The number of H-pyrrole nitrogens is 1. The van der Waals surface area contributed by atoms with Crippen molar-refractivity contribution in [1.82, 2.24) is 30.2 Å². The smallest absolute Gasteiger partial charge is 0.355 e. The van der Waals surface area contributed by atoms with E-state index in [2.05, 4.69) is 25.9 Å². The predicted octanol–water partition coefficient (Wildman–Crippen LogP) is 3.37. The maximum Gasteiger partial charge on any atom is 0.355 e. The molecule has 6 N–H and O–H groups in total. The van der Waals surface area contributed by atoms with E-state index in [1.807, 2.05) is 30.3 Å². The van der Waals surface area contributed by atoms with Crippen LogP contribution in [-0.2, 0) is 58.5 Å². The van der Waals surface area contributed by atoms with Crippen molar-refractivity contribution >= 4 is 64.2 Å². The van der Waals surface area contributed by atoms with Gasteiger partial charge in [0.2, 0.25) is 17.8 Å². The quantitative estimate of drug-likeness (QED) is 0.0719. The number of aliphatic hydroxyl groups is 2. The number of nitrogens with one attached hydrogen (secondary N) is 4. The third-order valence-electron chi connectivity index (χ3n) is 11.9. The van der Waals surface area contributed by atoms with Gasteiger partial charge < -0.3 is 59.4 Å². The van der Waals surface area contributed by atoms with E-state index in [0.717, 1.165) is 16.5 Å². The van der Waals surface area contributed by atoms with Crippen LogP contribution in [0.3, 0.4) is 0 Å². The van der Waals surface area contributed by atoms with E-state index >= 15 is 0 Å². The topological polar surface area (TPSA) is 237 Å². The first-order chi connectivity index (χ1) is 30.7. The van der Waals surface area contributed by atoms with Gasteiger partial charge in [-0.2, -0.15) is 0 Å². The van der Waals surface area contributed by atoms with E-state index in [4.69, 9.17) is 40.9 Å². The number of nitrogens with zero attached hydrogens (tertiary/aromatic N) is 3. The van der Waals surface area contributed by atoms with Gasteiger partial charge in [-0.15, -0.1) is 12.4 Å². The van der Waals surface area contributed by atoms with Gasteiger partial charge in [0.05, 0.1) is 47.1 Å². The Kier molecular flexibility index (Phi) is 13.9. The number of anilines is 1. The average molecular weight is 932 g/mol. The van der Waals surface area contributed by atoms with Crippen molar-refractivity contribution in [2.45, 2.75) is 102 Å². The number of cyclic esters (lactones) is 1. The normalized spacial score (nSPS) is 22.9. The van der Waals surface area contributed by atoms with Gasteiger partial charge in [0.15, 0.2) is 5.11 Å². The molecule has 0 unspecified atom stereocenters. The molecule has 1 saturated heterocycles. The zero-order chi connectivity index (χ0) is 45.4. The first-order valence-corrected chi connectivity index (χ1v) is 21.3. The summed E-state index contributed by atoms with van der Waals surface area (Å²) >= 11 is 5.63. The number of amides is 1. The third-order valence-corrected chi connectivity index (χ3v) is 12.1. The average Bonchev–Trinajstić information content (AvgIpc) is 3.93. The fraction of sp³-hybridized carbons (Fsp3) is 0.400. The number of esters is 2. The summed E-state index contributed by atoms with van der Waals surface area (Å²) in [5, 5.41) is 30.8. The van der Waals surface area contributed by atoms with Crippen LogP contribution >= 0.6 is 24.6 Å². The molecule has 1 fully saturated rings. The summed E-state index contributed by atoms with van der Waals surface area (Å²) < 4.78 is 30.1. The fourth-order valence-corrected chi connectivity index (χ4v) is 8.60. The van der Waals surface area contributed by atoms with Gasteiger partial charge in [-0.1, -0.05) is 39.0 Å². The number of methoxy groups -OCH3 is 1. The van der Waals surface area contributed by atoms with Crippen LogP contribution in [0, 0.1) is 5.92 Å². The maximum absolute atomic E-state index is 14.3. The molecule has 2 aromatic carbocycles. The van der Waals surface area contributed by atoms with Crippen molar-refractivity contribution in [3.05, 3.63) is 106 Å². The first kappa shape index (κ1) is 47.0. The molecule has 1 amide bonds. The standard InChI is InChI=1S/C45H49N7O11S.ClH/c1-6-45(30-17-33-35-25(15-24-9-7-8-10-31(24)49-35)19-52(33)40(56)29(30)20-60-43(45)58)63-41(57)34(22(2)3)51-39(55)32(16-27-18-46-21-47-27)50-44(64)48-26-11-13-28(14-12-26)62-42-37(54)38(59-5)36(53)23(4)61-42;/h7-15,17-18,21-23,32,34,36-38,42,53-54H,6,16,19-20H2,1-5H3,(H,46,47)(H,51,55)(H2,48,50,64);1H/t23-,32-,34-,36+,37-,38+,42+,45-;/m0./s1. The molecule has 344 valence electrons. The van der Waals surface area contributed by atoms with Crippen LogP contribution in [0.4, 0.5) is 5.69 Å². The number of hydrogen-bond acceptors (Lipinski definition) is 14. The summed E-state index contributed by atoms with van der Waals surface area (Å²) in [5.74, 6) is -2.52. The number of carbonyl (C=O) groups is 3. The number of ether oxygens (including phenoxy) is 5. The number of pyridine rings is 2. The number of fused-ring (bicyclic) bond motifs is 5. The molecule has 18 nitrogen and oxygen atoms in total. The lowest BCUT2D eigenvalue weighted by atomic mass is 9.85. The Labute approximate surface area is 384 Å². The van der Waals surface area contributed by atoms with Crippen LogP contribution in [-0.4, -0.2) is 103 Å². The van der Waals surface area contributed by atoms with Gasteiger partial charge in [0.25, 0.3) is 5.56 Å². The Bertz CT molecular complexity index is 2650. The SMILES string of the molecule is CC[C@@]1(OC(=O)[C@@H](NC(=O)[C@H](Cc2c[nH]cn2)NC(=S)Nc2ccc(O[C@H]3O[C@@H](C)[C@@H](O)[C@@H](OC)[C@@H]3O)cc2)C(C)C)C(=O)OCc2c1cc1n(c2=O)Cc2cc3ccccc3nc2-1.Cl. The van der Waals surface area contributed by atoms with E-state index in [0.29, 0.717) is 28.5 Å². The summed E-state index contributed by atoms with van der Waals surface area (Å²) in [6, 6.07) is 15.6. The molecule has 8 rings (SSSR count). The zero-order valence-corrected chi connectivity index (χ0v) is 37.7. The Morgan fingerprint density at radius 1 is 1.08 bits per heavy atom. The number of imidazole rings is 1. The van der Waals surface area contributed by atoms with Crippen LogP contribution in [0.15, 0.2) is 78.0 Å². The number of benzene rings is 2. The van der Waals surface area contributed by atoms with Crippen molar-refractivity contribution in [3.63, 3.8) is 0 Å². The molecule has 5 aromatic rings. The molecule has 0 aliphatic carbocycles. The Morgan fingerprint density at radius 2 is 1.83 bits per heavy atom. The minimum absolute atomic E-state index is 0. The molecule has 3 aliphatic rings. The summed E-state index contributed by atoms with van der Waals surface area (Å²) in [5.41, 5.74) is 1.77. The number of rotatable bonds is 13. The molecule has 6 heterocycles. The molecular weight excluding hydrogens is 882 g/mol. The second-order valence-electron chi connectivity index (χ2n) is 16.4. The van der Waals surface area contributed by atoms with Gasteiger partial charge >= 0.3 is 11.9 Å². The molecule has 0 bridgehead atoms. The van der Waals surface area contributed by atoms with Crippen LogP contribution in [0.2, 0.25) is 0 Å². The minimum Gasteiger partial charge on any atom is -0.462 e. The minimum atomic E-state index is -1.99. The van der Waals surface area contributed by atoms with Gasteiger partial charge in [-0.3, -0.25) is 9.59 Å². The molecule has 8 atom stereocenters. The summed E-state index contributed by atoms with van der Waals surface area (Å²) in [6.45, 7) is 6.74. The van der Waals surface area contributed by atoms with Crippen LogP contribution in [0.25, 0.3) is 22.3 Å². The Hall–Kier alpha value is -5.96. The number of halogens is 1. The number of carbonyl (C=O) groups excluding carboxylic acids is 3. The number of para-hydroxylation sites is 1. The van der Waals surface area contributed by atoms with E-state index in [-0.39, 0.29) is 60.2 Å². The number of aliphatic hydroxyl groups excluding tert-OH is 2. The van der Waals surface area contributed by atoms with Crippen molar-refractivity contribution in [2.75, 3.05) is 12.4 Å². The molecule has 65 heavy (non-hydrogen) atoms. The molecule has 20 heteroatoms. The highest BCUT2D eigenvalue weighted by Crippen LogP contribution is 2.41. The number of aromatic nitrogens is 4.